The third kappa shape index (κ3) is 2.71. The first-order valence-corrected chi connectivity index (χ1v) is 8.08. The Morgan fingerprint density at radius 3 is 2.58 bits per heavy atom. The van der Waals surface area contributed by atoms with E-state index in [0.717, 1.165) is 10.6 Å². The Bertz CT molecular complexity index is 1140. The number of aromatic amines is 1. The molecule has 0 aliphatic carbocycles. The molecule has 1 aromatic heterocycles. The molecular formula is C19H17FN2O4. The number of aryl methyl sites for hydroxylation is 2. The fraction of sp³-hybridized carbons (Fsp3) is 0.211. The molecule has 0 saturated heterocycles. The number of esters is 1. The van der Waals surface area contributed by atoms with Gasteiger partial charge in [0.15, 0.2) is 0 Å². The van der Waals surface area contributed by atoms with Crippen LogP contribution in [0.4, 0.5) is 4.39 Å². The summed E-state index contributed by atoms with van der Waals surface area (Å²) < 4.78 is 19.9. The molecule has 1 N–H and O–H groups in total. The summed E-state index contributed by atoms with van der Waals surface area (Å²) in [5.41, 5.74) is -0.0957. The Labute approximate surface area is 147 Å². The fourth-order valence-corrected chi connectivity index (χ4v) is 3.10. The van der Waals surface area contributed by atoms with Crippen LogP contribution in [-0.4, -0.2) is 22.1 Å². The van der Waals surface area contributed by atoms with Gasteiger partial charge in [-0.05, 0) is 50.1 Å². The summed E-state index contributed by atoms with van der Waals surface area (Å²) in [6, 6.07) is 7.04. The van der Waals surface area contributed by atoms with E-state index < -0.39 is 23.0 Å². The molecule has 26 heavy (non-hydrogen) atoms. The molecule has 0 unspecified atom stereocenters. The minimum absolute atomic E-state index is 0.140. The zero-order chi connectivity index (χ0) is 19.0. The second-order valence-electron chi connectivity index (χ2n) is 5.86. The Morgan fingerprint density at radius 2 is 1.92 bits per heavy atom. The number of rotatable bonds is 3. The SMILES string of the molecule is CCOC(=O)c1c(C)cc2[nH]c(=O)n(-c3ccccc3F)c(=O)c2c1C. The van der Waals surface area contributed by atoms with E-state index in [2.05, 4.69) is 4.98 Å². The molecule has 2 aromatic carbocycles. The fourth-order valence-electron chi connectivity index (χ4n) is 3.10. The van der Waals surface area contributed by atoms with Crippen LogP contribution in [0.15, 0.2) is 39.9 Å². The highest BCUT2D eigenvalue weighted by atomic mass is 19.1. The minimum atomic E-state index is -0.754. The van der Waals surface area contributed by atoms with Crippen molar-refractivity contribution in [3.8, 4) is 5.69 Å². The summed E-state index contributed by atoms with van der Waals surface area (Å²) in [4.78, 5) is 40.2. The molecule has 0 saturated carbocycles. The van der Waals surface area contributed by atoms with E-state index in [1.807, 2.05) is 0 Å². The number of hydrogen-bond acceptors (Lipinski definition) is 4. The largest absolute Gasteiger partial charge is 0.462 e. The smallest absolute Gasteiger partial charge is 0.338 e. The highest BCUT2D eigenvalue weighted by molar-refractivity contribution is 5.99. The lowest BCUT2D eigenvalue weighted by Crippen LogP contribution is -2.35. The van der Waals surface area contributed by atoms with Crippen molar-refractivity contribution in [2.24, 2.45) is 0 Å². The van der Waals surface area contributed by atoms with Crippen molar-refractivity contribution in [2.45, 2.75) is 20.8 Å². The zero-order valence-electron chi connectivity index (χ0n) is 14.6. The van der Waals surface area contributed by atoms with Crippen molar-refractivity contribution in [1.29, 1.82) is 0 Å². The number of aromatic nitrogens is 2. The van der Waals surface area contributed by atoms with E-state index in [4.69, 9.17) is 4.74 Å². The summed E-state index contributed by atoms with van der Waals surface area (Å²) in [7, 11) is 0. The number of fused-ring (bicyclic) bond motifs is 1. The van der Waals surface area contributed by atoms with Crippen molar-refractivity contribution < 1.29 is 13.9 Å². The Balaban J connectivity index is 2.42. The number of H-pyrrole nitrogens is 1. The van der Waals surface area contributed by atoms with Crippen molar-refractivity contribution in [3.63, 3.8) is 0 Å². The quantitative estimate of drug-likeness (QED) is 0.732. The minimum Gasteiger partial charge on any atom is -0.462 e. The van der Waals surface area contributed by atoms with Crippen LogP contribution < -0.4 is 11.2 Å². The number of carbonyl (C=O) groups excluding carboxylic acids is 1. The second-order valence-corrected chi connectivity index (χ2v) is 5.86. The van der Waals surface area contributed by atoms with E-state index in [1.165, 1.54) is 18.2 Å². The van der Waals surface area contributed by atoms with Gasteiger partial charge in [0.05, 0.1) is 28.8 Å². The van der Waals surface area contributed by atoms with Crippen molar-refractivity contribution in [2.75, 3.05) is 6.61 Å². The first-order valence-electron chi connectivity index (χ1n) is 8.08. The Morgan fingerprint density at radius 1 is 1.23 bits per heavy atom. The van der Waals surface area contributed by atoms with Gasteiger partial charge in [-0.15, -0.1) is 0 Å². The molecule has 0 spiro atoms. The topological polar surface area (TPSA) is 81.2 Å². The molecule has 1 heterocycles. The van der Waals surface area contributed by atoms with E-state index >= 15 is 0 Å². The second kappa shape index (κ2) is 6.59. The Kier molecular flexibility index (Phi) is 4.46. The maximum Gasteiger partial charge on any atom is 0.338 e. The molecule has 0 amide bonds. The van der Waals surface area contributed by atoms with Gasteiger partial charge in [-0.1, -0.05) is 12.1 Å². The van der Waals surface area contributed by atoms with Crippen LogP contribution in [0.3, 0.4) is 0 Å². The monoisotopic (exact) mass is 356 g/mol. The standard InChI is InChI=1S/C19H17FN2O4/c1-4-26-18(24)15-10(2)9-13-16(11(15)3)17(23)22(19(25)21-13)14-8-6-5-7-12(14)20/h5-9H,4H2,1-3H3,(H,21,25). The summed E-state index contributed by atoms with van der Waals surface area (Å²) in [6.45, 7) is 5.18. The molecule has 3 rings (SSSR count). The van der Waals surface area contributed by atoms with Gasteiger partial charge in [0.2, 0.25) is 0 Å². The first kappa shape index (κ1) is 17.6. The van der Waals surface area contributed by atoms with Crippen LogP contribution >= 0.6 is 0 Å². The molecule has 0 aliphatic rings. The van der Waals surface area contributed by atoms with Crippen LogP contribution in [0.1, 0.15) is 28.4 Å². The molecule has 3 aromatic rings. The predicted octanol–water partition coefficient (Wildman–Crippen LogP) is 2.61. The lowest BCUT2D eigenvalue weighted by Gasteiger charge is -2.13. The van der Waals surface area contributed by atoms with Crippen LogP contribution in [0.2, 0.25) is 0 Å². The normalized spacial score (nSPS) is 10.9. The van der Waals surface area contributed by atoms with Gasteiger partial charge in [0.25, 0.3) is 5.56 Å². The number of para-hydroxylation sites is 1. The molecule has 0 aliphatic heterocycles. The number of halogens is 1. The molecule has 6 nitrogen and oxygen atoms in total. The molecule has 7 heteroatoms. The highest BCUT2D eigenvalue weighted by Crippen LogP contribution is 2.22. The number of ether oxygens (including phenoxy) is 1. The summed E-state index contributed by atoms with van der Waals surface area (Å²) in [5.74, 6) is -1.25. The summed E-state index contributed by atoms with van der Waals surface area (Å²) in [5, 5.41) is 0.140. The Hall–Kier alpha value is -3.22. The van der Waals surface area contributed by atoms with Crippen LogP contribution in [0.25, 0.3) is 16.6 Å². The van der Waals surface area contributed by atoms with E-state index in [0.29, 0.717) is 11.1 Å². The van der Waals surface area contributed by atoms with Crippen LogP contribution in [-0.2, 0) is 4.74 Å². The molecule has 0 radical (unpaired) electrons. The molecule has 0 bridgehead atoms. The average molecular weight is 356 g/mol. The lowest BCUT2D eigenvalue weighted by molar-refractivity contribution is 0.0525. The third-order valence-corrected chi connectivity index (χ3v) is 4.21. The third-order valence-electron chi connectivity index (χ3n) is 4.21. The summed E-state index contributed by atoms with van der Waals surface area (Å²) >= 11 is 0. The van der Waals surface area contributed by atoms with Gasteiger partial charge in [0, 0.05) is 0 Å². The van der Waals surface area contributed by atoms with Gasteiger partial charge in [-0.25, -0.2) is 18.5 Å². The molecule has 0 fully saturated rings. The van der Waals surface area contributed by atoms with E-state index in [9.17, 15) is 18.8 Å². The predicted molar refractivity (Wildman–Crippen MR) is 95.6 cm³/mol. The highest BCUT2D eigenvalue weighted by Gasteiger charge is 2.21. The molecule has 0 atom stereocenters. The molecule has 134 valence electrons. The van der Waals surface area contributed by atoms with E-state index in [1.54, 1.807) is 26.8 Å². The van der Waals surface area contributed by atoms with Crippen LogP contribution in [0.5, 0.6) is 0 Å². The van der Waals surface area contributed by atoms with Crippen LogP contribution in [0, 0.1) is 19.7 Å². The lowest BCUT2D eigenvalue weighted by atomic mass is 9.98. The first-order chi connectivity index (χ1) is 12.4. The van der Waals surface area contributed by atoms with Crippen molar-refractivity contribution in [1.82, 2.24) is 9.55 Å². The number of hydrogen-bond donors (Lipinski definition) is 1. The van der Waals surface area contributed by atoms with Gasteiger partial charge < -0.3 is 9.72 Å². The average Bonchev–Trinajstić information content (AvgIpc) is 2.56. The summed E-state index contributed by atoms with van der Waals surface area (Å²) in [6.07, 6.45) is 0. The van der Waals surface area contributed by atoms with Gasteiger partial charge in [-0.3, -0.25) is 4.79 Å². The van der Waals surface area contributed by atoms with Crippen molar-refractivity contribution in [3.05, 3.63) is 73.7 Å². The number of benzene rings is 2. The van der Waals surface area contributed by atoms with Gasteiger partial charge in [0.1, 0.15) is 5.82 Å². The maximum atomic E-state index is 14.1. The van der Waals surface area contributed by atoms with Gasteiger partial charge in [-0.2, -0.15) is 0 Å². The van der Waals surface area contributed by atoms with Crippen molar-refractivity contribution >= 4 is 16.9 Å². The molecular weight excluding hydrogens is 339 g/mol. The maximum absolute atomic E-state index is 14.1. The van der Waals surface area contributed by atoms with Gasteiger partial charge >= 0.3 is 11.7 Å². The number of carbonyl (C=O) groups is 1. The van der Waals surface area contributed by atoms with E-state index in [-0.39, 0.29) is 28.8 Å². The zero-order valence-corrected chi connectivity index (χ0v) is 14.6. The number of nitrogens with one attached hydrogen (secondary N) is 1. The number of nitrogens with zero attached hydrogens (tertiary/aromatic N) is 1.